The second-order valence-corrected chi connectivity index (χ2v) is 6.44. The van der Waals surface area contributed by atoms with Crippen LogP contribution in [0.1, 0.15) is 42.5 Å². The van der Waals surface area contributed by atoms with Crippen molar-refractivity contribution in [3.63, 3.8) is 0 Å². The molecule has 0 amide bonds. The third-order valence-electron chi connectivity index (χ3n) is 2.95. The number of halogens is 1. The fourth-order valence-corrected chi connectivity index (χ4v) is 3.96. The first-order valence-corrected chi connectivity index (χ1v) is 7.38. The van der Waals surface area contributed by atoms with Crippen molar-refractivity contribution in [1.82, 2.24) is 0 Å². The number of carbonyl (C=O) groups is 1. The standard InChI is InChI=1S/C13H15BrOS/c14-11-7-6-10(9-15)13(8-11)16-12-4-2-1-3-5-12/h6-9,12H,1-5H2. The fourth-order valence-electron chi connectivity index (χ4n) is 2.07. The van der Waals surface area contributed by atoms with E-state index in [1.807, 2.05) is 23.9 Å². The zero-order valence-electron chi connectivity index (χ0n) is 9.12. The van der Waals surface area contributed by atoms with E-state index in [9.17, 15) is 4.79 Å². The van der Waals surface area contributed by atoms with Crippen LogP contribution in [-0.2, 0) is 0 Å². The molecule has 16 heavy (non-hydrogen) atoms. The smallest absolute Gasteiger partial charge is 0.151 e. The summed E-state index contributed by atoms with van der Waals surface area (Å²) in [6, 6.07) is 5.87. The quantitative estimate of drug-likeness (QED) is 0.753. The Morgan fingerprint density at radius 3 is 2.69 bits per heavy atom. The van der Waals surface area contributed by atoms with Crippen LogP contribution in [0.5, 0.6) is 0 Å². The predicted octanol–water partition coefficient (Wildman–Crippen LogP) is 4.69. The van der Waals surface area contributed by atoms with Gasteiger partial charge in [0.15, 0.2) is 6.29 Å². The van der Waals surface area contributed by atoms with Gasteiger partial charge in [-0.05, 0) is 31.0 Å². The molecule has 0 aromatic heterocycles. The number of rotatable bonds is 3. The molecule has 0 aliphatic heterocycles. The molecule has 0 saturated heterocycles. The predicted molar refractivity (Wildman–Crippen MR) is 72.3 cm³/mol. The molecule has 1 aliphatic carbocycles. The lowest BCUT2D eigenvalue weighted by Crippen LogP contribution is -2.08. The maximum absolute atomic E-state index is 11.0. The van der Waals surface area contributed by atoms with Crippen molar-refractivity contribution in [3.8, 4) is 0 Å². The van der Waals surface area contributed by atoms with E-state index >= 15 is 0 Å². The highest BCUT2D eigenvalue weighted by Gasteiger charge is 2.16. The van der Waals surface area contributed by atoms with Gasteiger partial charge in [0, 0.05) is 20.2 Å². The van der Waals surface area contributed by atoms with Gasteiger partial charge in [-0.15, -0.1) is 11.8 Å². The molecule has 1 aromatic rings. The zero-order chi connectivity index (χ0) is 11.4. The van der Waals surface area contributed by atoms with Crippen LogP contribution >= 0.6 is 27.7 Å². The van der Waals surface area contributed by atoms with Crippen LogP contribution in [0.25, 0.3) is 0 Å². The molecule has 1 aromatic carbocycles. The highest BCUT2D eigenvalue weighted by Crippen LogP contribution is 2.35. The van der Waals surface area contributed by atoms with Crippen LogP contribution in [0, 0.1) is 0 Å². The van der Waals surface area contributed by atoms with Crippen LogP contribution < -0.4 is 0 Å². The lowest BCUT2D eigenvalue weighted by Gasteiger charge is -2.21. The summed E-state index contributed by atoms with van der Waals surface area (Å²) in [4.78, 5) is 12.1. The first-order chi connectivity index (χ1) is 7.79. The maximum Gasteiger partial charge on any atom is 0.151 e. The number of thioether (sulfide) groups is 1. The van der Waals surface area contributed by atoms with Crippen LogP contribution in [0.2, 0.25) is 0 Å². The zero-order valence-corrected chi connectivity index (χ0v) is 11.5. The van der Waals surface area contributed by atoms with Gasteiger partial charge in [-0.3, -0.25) is 4.79 Å². The van der Waals surface area contributed by atoms with Gasteiger partial charge in [0.1, 0.15) is 0 Å². The number of carbonyl (C=O) groups excluding carboxylic acids is 1. The molecular formula is C13H15BrOS. The topological polar surface area (TPSA) is 17.1 Å². The molecule has 0 radical (unpaired) electrons. The molecule has 0 unspecified atom stereocenters. The van der Waals surface area contributed by atoms with Gasteiger partial charge in [0.05, 0.1) is 0 Å². The molecular weight excluding hydrogens is 284 g/mol. The first kappa shape index (κ1) is 12.2. The molecule has 86 valence electrons. The average molecular weight is 299 g/mol. The fraction of sp³-hybridized carbons (Fsp3) is 0.462. The average Bonchev–Trinajstić information content (AvgIpc) is 2.31. The molecule has 0 atom stereocenters. The summed E-state index contributed by atoms with van der Waals surface area (Å²) in [5.41, 5.74) is 0.818. The van der Waals surface area contributed by atoms with Crippen molar-refractivity contribution < 1.29 is 4.79 Å². The van der Waals surface area contributed by atoms with Crippen molar-refractivity contribution in [2.75, 3.05) is 0 Å². The summed E-state index contributed by atoms with van der Waals surface area (Å²) < 4.78 is 1.05. The maximum atomic E-state index is 11.0. The van der Waals surface area contributed by atoms with E-state index in [-0.39, 0.29) is 0 Å². The molecule has 1 saturated carbocycles. The Bertz CT molecular complexity index is 372. The van der Waals surface area contributed by atoms with E-state index in [0.29, 0.717) is 5.25 Å². The lowest BCUT2D eigenvalue weighted by molar-refractivity contribution is 0.112. The molecule has 0 bridgehead atoms. The van der Waals surface area contributed by atoms with Gasteiger partial charge >= 0.3 is 0 Å². The van der Waals surface area contributed by atoms with Crippen molar-refractivity contribution in [3.05, 3.63) is 28.2 Å². The summed E-state index contributed by atoms with van der Waals surface area (Å²) in [6.45, 7) is 0. The van der Waals surface area contributed by atoms with E-state index in [1.165, 1.54) is 32.1 Å². The second kappa shape index (κ2) is 5.87. The van der Waals surface area contributed by atoms with E-state index in [4.69, 9.17) is 0 Å². The highest BCUT2D eigenvalue weighted by atomic mass is 79.9. The van der Waals surface area contributed by atoms with Crippen molar-refractivity contribution >= 4 is 34.0 Å². The van der Waals surface area contributed by atoms with E-state index in [2.05, 4.69) is 22.0 Å². The van der Waals surface area contributed by atoms with Gasteiger partial charge in [-0.1, -0.05) is 35.2 Å². The van der Waals surface area contributed by atoms with Gasteiger partial charge in [-0.25, -0.2) is 0 Å². The van der Waals surface area contributed by atoms with Gasteiger partial charge < -0.3 is 0 Å². The third-order valence-corrected chi connectivity index (χ3v) is 4.85. The molecule has 1 fully saturated rings. The number of hydrogen-bond acceptors (Lipinski definition) is 2. The Hall–Kier alpha value is -0.280. The SMILES string of the molecule is O=Cc1ccc(Br)cc1SC1CCCCC1. The van der Waals surface area contributed by atoms with E-state index in [0.717, 1.165) is 21.2 Å². The monoisotopic (exact) mass is 298 g/mol. The lowest BCUT2D eigenvalue weighted by atomic mass is 10.0. The minimum atomic E-state index is 0.696. The molecule has 0 N–H and O–H groups in total. The Morgan fingerprint density at radius 1 is 1.25 bits per heavy atom. The normalized spacial score (nSPS) is 17.3. The van der Waals surface area contributed by atoms with Gasteiger partial charge in [0.25, 0.3) is 0 Å². The Labute approximate surface area is 109 Å². The minimum Gasteiger partial charge on any atom is -0.298 e. The Balaban J connectivity index is 2.12. The molecule has 0 heterocycles. The number of aldehydes is 1. The summed E-state index contributed by atoms with van der Waals surface area (Å²) in [5.74, 6) is 0. The van der Waals surface area contributed by atoms with Crippen LogP contribution in [-0.4, -0.2) is 11.5 Å². The second-order valence-electron chi connectivity index (χ2n) is 4.18. The number of hydrogen-bond donors (Lipinski definition) is 0. The van der Waals surface area contributed by atoms with Crippen molar-refractivity contribution in [1.29, 1.82) is 0 Å². The number of benzene rings is 1. The molecule has 3 heteroatoms. The highest BCUT2D eigenvalue weighted by molar-refractivity contribution is 9.10. The Kier molecular flexibility index (Phi) is 4.47. The van der Waals surface area contributed by atoms with Crippen molar-refractivity contribution in [2.24, 2.45) is 0 Å². The summed E-state index contributed by atoms with van der Waals surface area (Å²) >= 11 is 5.33. The minimum absolute atomic E-state index is 0.696. The first-order valence-electron chi connectivity index (χ1n) is 5.71. The largest absolute Gasteiger partial charge is 0.298 e. The summed E-state index contributed by atoms with van der Waals surface area (Å²) in [5, 5.41) is 0.696. The summed E-state index contributed by atoms with van der Waals surface area (Å²) in [7, 11) is 0. The summed E-state index contributed by atoms with van der Waals surface area (Å²) in [6.07, 6.45) is 7.57. The van der Waals surface area contributed by atoms with Crippen LogP contribution in [0.3, 0.4) is 0 Å². The third kappa shape index (κ3) is 3.11. The van der Waals surface area contributed by atoms with E-state index < -0.39 is 0 Å². The van der Waals surface area contributed by atoms with E-state index in [1.54, 1.807) is 0 Å². The molecule has 1 aliphatic rings. The molecule has 2 rings (SSSR count). The van der Waals surface area contributed by atoms with Crippen LogP contribution in [0.4, 0.5) is 0 Å². The van der Waals surface area contributed by atoms with Gasteiger partial charge in [-0.2, -0.15) is 0 Å². The van der Waals surface area contributed by atoms with Crippen LogP contribution in [0.15, 0.2) is 27.6 Å². The van der Waals surface area contributed by atoms with Crippen molar-refractivity contribution in [2.45, 2.75) is 42.2 Å². The van der Waals surface area contributed by atoms with Gasteiger partial charge in [0.2, 0.25) is 0 Å². The molecule has 1 nitrogen and oxygen atoms in total. The Morgan fingerprint density at radius 2 is 2.00 bits per heavy atom. The molecule has 0 spiro atoms.